The molecule has 1 aromatic carbocycles. The topological polar surface area (TPSA) is 104 Å². The van der Waals surface area contributed by atoms with Gasteiger partial charge in [-0.25, -0.2) is 24.0 Å². The van der Waals surface area contributed by atoms with E-state index in [1.165, 1.54) is 34.3 Å². The van der Waals surface area contributed by atoms with Crippen molar-refractivity contribution < 1.29 is 28.3 Å². The third kappa shape index (κ3) is 5.57. The molecule has 0 unspecified atom stereocenters. The second-order valence-electron chi connectivity index (χ2n) is 7.68. The van der Waals surface area contributed by atoms with Crippen LogP contribution in [0.5, 0.6) is 0 Å². The van der Waals surface area contributed by atoms with E-state index in [-0.39, 0.29) is 25.5 Å². The maximum atomic E-state index is 15.0. The molecule has 2 aliphatic rings. The van der Waals surface area contributed by atoms with Crippen LogP contribution in [0.2, 0.25) is 0 Å². The summed E-state index contributed by atoms with van der Waals surface area (Å²) < 4.78 is 20.3. The van der Waals surface area contributed by atoms with Crippen LogP contribution in [0.1, 0.15) is 19.8 Å². The summed E-state index contributed by atoms with van der Waals surface area (Å²) in [6.45, 7) is 2.93. The Balaban J connectivity index is 1.37. The Morgan fingerprint density at radius 3 is 2.88 bits per heavy atom. The molecular formula is C21H24FN5O5S. The zero-order valence-corrected chi connectivity index (χ0v) is 18.8. The molecule has 2 fully saturated rings. The van der Waals surface area contributed by atoms with Crippen LogP contribution in [0.4, 0.5) is 30.5 Å². The van der Waals surface area contributed by atoms with Crippen LogP contribution in [0, 0.1) is 5.82 Å². The monoisotopic (exact) mass is 477 g/mol. The lowest BCUT2D eigenvalue weighted by atomic mass is 10.1. The van der Waals surface area contributed by atoms with Gasteiger partial charge in [0.1, 0.15) is 17.7 Å². The minimum Gasteiger partial charge on any atom is -0.444 e. The predicted molar refractivity (Wildman–Crippen MR) is 120 cm³/mol. The van der Waals surface area contributed by atoms with Gasteiger partial charge in [0.15, 0.2) is 5.13 Å². The molecule has 1 atom stereocenters. The average Bonchev–Trinajstić information content (AvgIpc) is 3.35. The van der Waals surface area contributed by atoms with Crippen molar-refractivity contribution in [3.63, 3.8) is 0 Å². The van der Waals surface area contributed by atoms with Gasteiger partial charge in [0.05, 0.1) is 31.1 Å². The van der Waals surface area contributed by atoms with Gasteiger partial charge in [0.25, 0.3) is 0 Å². The zero-order valence-electron chi connectivity index (χ0n) is 18.0. The summed E-state index contributed by atoms with van der Waals surface area (Å²) >= 11 is 1.30. The number of amides is 3. The molecule has 0 radical (unpaired) electrons. The summed E-state index contributed by atoms with van der Waals surface area (Å²) in [5.41, 5.74) is 0.743. The number of aromatic nitrogens is 1. The molecule has 2 saturated heterocycles. The molecule has 176 valence electrons. The molecule has 0 bridgehead atoms. The van der Waals surface area contributed by atoms with E-state index in [9.17, 15) is 14.4 Å². The number of ether oxygens (including phenoxy) is 1. The molecule has 0 saturated carbocycles. The SMILES string of the molecule is CC(=O)CC[C@H]1CN(c2ccc(N3CCON(C(=O)Nc4nccs4)CC3)c(F)c2)C(=O)O1. The molecular weight excluding hydrogens is 453 g/mol. The minimum absolute atomic E-state index is 0.0283. The predicted octanol–water partition coefficient (Wildman–Crippen LogP) is 3.26. The summed E-state index contributed by atoms with van der Waals surface area (Å²) in [6, 6.07) is 4.12. The van der Waals surface area contributed by atoms with E-state index in [4.69, 9.17) is 9.57 Å². The third-order valence-corrected chi connectivity index (χ3v) is 6.02. The maximum Gasteiger partial charge on any atom is 0.414 e. The highest BCUT2D eigenvalue weighted by atomic mass is 32.1. The Kier molecular flexibility index (Phi) is 7.04. The van der Waals surface area contributed by atoms with E-state index in [1.54, 1.807) is 28.6 Å². The number of nitrogens with one attached hydrogen (secondary N) is 1. The zero-order chi connectivity index (χ0) is 23.4. The maximum absolute atomic E-state index is 15.0. The van der Waals surface area contributed by atoms with Crippen LogP contribution in [0.25, 0.3) is 0 Å². The highest BCUT2D eigenvalue weighted by molar-refractivity contribution is 7.13. The van der Waals surface area contributed by atoms with Crippen molar-refractivity contribution in [2.75, 3.05) is 47.9 Å². The highest BCUT2D eigenvalue weighted by Gasteiger charge is 2.33. The fourth-order valence-electron chi connectivity index (χ4n) is 3.66. The molecule has 10 nitrogen and oxygen atoms in total. The lowest BCUT2D eigenvalue weighted by molar-refractivity contribution is -0.117. The van der Waals surface area contributed by atoms with Gasteiger partial charge in [-0.1, -0.05) is 0 Å². The van der Waals surface area contributed by atoms with Crippen molar-refractivity contribution in [3.05, 3.63) is 35.6 Å². The number of Topliss-reactive ketones (excluding diaryl/α,β-unsaturated/α-hetero) is 1. The Morgan fingerprint density at radius 1 is 1.30 bits per heavy atom. The number of benzene rings is 1. The average molecular weight is 478 g/mol. The van der Waals surface area contributed by atoms with E-state index >= 15 is 4.39 Å². The number of rotatable bonds is 6. The number of carbonyl (C=O) groups excluding carboxylic acids is 3. The van der Waals surface area contributed by atoms with Crippen LogP contribution >= 0.6 is 11.3 Å². The summed E-state index contributed by atoms with van der Waals surface area (Å²) in [7, 11) is 0. The van der Waals surface area contributed by atoms with Crippen molar-refractivity contribution >= 4 is 45.8 Å². The first-order valence-electron chi connectivity index (χ1n) is 10.5. The van der Waals surface area contributed by atoms with Crippen LogP contribution < -0.4 is 15.1 Å². The van der Waals surface area contributed by atoms with Gasteiger partial charge in [0.2, 0.25) is 0 Å². The molecule has 3 heterocycles. The minimum atomic E-state index is -0.555. The first-order chi connectivity index (χ1) is 15.9. The number of carbonyl (C=O) groups is 3. The van der Waals surface area contributed by atoms with E-state index in [2.05, 4.69) is 10.3 Å². The molecule has 3 amide bonds. The van der Waals surface area contributed by atoms with Crippen LogP contribution in [-0.2, 0) is 14.4 Å². The number of hydrogen-bond acceptors (Lipinski definition) is 8. The molecule has 1 N–H and O–H groups in total. The molecule has 4 rings (SSSR count). The third-order valence-electron chi connectivity index (χ3n) is 5.33. The fourth-order valence-corrected chi connectivity index (χ4v) is 4.17. The van der Waals surface area contributed by atoms with Gasteiger partial charge in [-0.05, 0) is 31.5 Å². The number of hydrogen-bond donors (Lipinski definition) is 1. The number of nitrogens with zero attached hydrogens (tertiary/aromatic N) is 4. The molecule has 12 heteroatoms. The summed E-state index contributed by atoms with van der Waals surface area (Å²) in [5, 5.41) is 6.08. The van der Waals surface area contributed by atoms with Gasteiger partial charge >= 0.3 is 12.1 Å². The van der Waals surface area contributed by atoms with Crippen LogP contribution in [-0.4, -0.2) is 66.8 Å². The number of urea groups is 1. The van der Waals surface area contributed by atoms with Crippen molar-refractivity contribution in [2.24, 2.45) is 0 Å². The van der Waals surface area contributed by atoms with Gasteiger partial charge in [-0.2, -0.15) is 0 Å². The summed E-state index contributed by atoms with van der Waals surface area (Å²) in [5.74, 6) is -0.464. The van der Waals surface area contributed by atoms with Gasteiger partial charge < -0.3 is 14.4 Å². The summed E-state index contributed by atoms with van der Waals surface area (Å²) in [6.07, 6.45) is 1.41. The molecule has 2 aromatic rings. The number of thiazole rings is 1. The largest absolute Gasteiger partial charge is 0.444 e. The fraction of sp³-hybridized carbons (Fsp3) is 0.429. The van der Waals surface area contributed by atoms with Gasteiger partial charge in [-0.15, -0.1) is 11.3 Å². The van der Waals surface area contributed by atoms with E-state index < -0.39 is 24.0 Å². The van der Waals surface area contributed by atoms with E-state index in [1.807, 2.05) is 0 Å². The molecule has 0 spiro atoms. The number of anilines is 3. The summed E-state index contributed by atoms with van der Waals surface area (Å²) in [4.78, 5) is 48.4. The van der Waals surface area contributed by atoms with Gasteiger partial charge in [0, 0.05) is 31.1 Å². The number of cyclic esters (lactones) is 1. The van der Waals surface area contributed by atoms with Crippen LogP contribution in [0.15, 0.2) is 29.8 Å². The Labute approximate surface area is 193 Å². The molecule has 2 aliphatic heterocycles. The van der Waals surface area contributed by atoms with Gasteiger partial charge in [-0.3, -0.25) is 15.1 Å². The highest BCUT2D eigenvalue weighted by Crippen LogP contribution is 2.29. The van der Waals surface area contributed by atoms with Crippen molar-refractivity contribution in [1.29, 1.82) is 0 Å². The smallest absolute Gasteiger partial charge is 0.414 e. The van der Waals surface area contributed by atoms with Crippen molar-refractivity contribution in [1.82, 2.24) is 10.0 Å². The first kappa shape index (κ1) is 22.9. The standard InChI is InChI=1S/C21H24FN5O5S/c1-14(28)2-4-16-13-26(21(30)32-16)15-3-5-18(17(22)12-15)25-7-8-27(31-10-9-25)20(29)24-19-23-6-11-33-19/h3,5-6,11-12,16H,2,4,7-10,13H2,1H3,(H,23,24,29)/t16-/m0/s1. The Bertz CT molecular complexity index is 1020. The molecule has 0 aliphatic carbocycles. The Hall–Kier alpha value is -3.25. The van der Waals surface area contributed by atoms with Crippen molar-refractivity contribution in [2.45, 2.75) is 25.9 Å². The van der Waals surface area contributed by atoms with Crippen LogP contribution in [0.3, 0.4) is 0 Å². The molecule has 1 aromatic heterocycles. The second kappa shape index (κ2) is 10.1. The number of hydroxylamine groups is 2. The number of ketones is 1. The lowest BCUT2D eigenvalue weighted by Crippen LogP contribution is -2.37. The molecule has 33 heavy (non-hydrogen) atoms. The normalized spacial score (nSPS) is 18.8. The second-order valence-corrected chi connectivity index (χ2v) is 8.58. The Morgan fingerprint density at radius 2 is 2.15 bits per heavy atom. The lowest BCUT2D eigenvalue weighted by Gasteiger charge is -2.23. The van der Waals surface area contributed by atoms with E-state index in [0.29, 0.717) is 42.4 Å². The van der Waals surface area contributed by atoms with E-state index in [0.717, 1.165) is 0 Å². The first-order valence-corrected chi connectivity index (χ1v) is 11.4. The number of halogens is 1. The van der Waals surface area contributed by atoms with Crippen molar-refractivity contribution in [3.8, 4) is 0 Å². The quantitative estimate of drug-likeness (QED) is 0.681.